The van der Waals surface area contributed by atoms with Gasteiger partial charge in [-0.15, -0.1) is 0 Å². The molecular formula is C21H19N5O2. The maximum absolute atomic E-state index is 12.7. The predicted molar refractivity (Wildman–Crippen MR) is 105 cm³/mol. The largest absolute Gasteiger partial charge is 0.369 e. The van der Waals surface area contributed by atoms with E-state index in [1.807, 2.05) is 60.5 Å². The zero-order valence-electron chi connectivity index (χ0n) is 15.8. The summed E-state index contributed by atoms with van der Waals surface area (Å²) in [6, 6.07) is 7.84. The van der Waals surface area contributed by atoms with Crippen molar-refractivity contribution in [2.45, 2.75) is 20.1 Å². The molecule has 1 aliphatic rings. The van der Waals surface area contributed by atoms with E-state index in [2.05, 4.69) is 15.3 Å². The van der Waals surface area contributed by atoms with Crippen molar-refractivity contribution in [3.05, 3.63) is 65.4 Å². The van der Waals surface area contributed by atoms with E-state index in [0.29, 0.717) is 16.9 Å². The van der Waals surface area contributed by atoms with Crippen LogP contribution in [0.2, 0.25) is 0 Å². The molecule has 0 fully saturated rings. The molecule has 4 aromatic heterocycles. The van der Waals surface area contributed by atoms with Crippen molar-refractivity contribution in [3.63, 3.8) is 0 Å². The molecule has 0 saturated carbocycles. The molecule has 7 heteroatoms. The van der Waals surface area contributed by atoms with Crippen molar-refractivity contribution in [2.75, 3.05) is 0 Å². The molecule has 0 spiro atoms. The van der Waals surface area contributed by atoms with Crippen LogP contribution in [0.3, 0.4) is 0 Å². The number of aliphatic hydroxyl groups is 1. The standard InChI is InChI=1S/C21H19N5O2/c1-11-4-5-12(2)26(11)19-17-16(20(27)24-21(17)28)15(10-23-19)13-6-8-22-18-14(13)7-9-25(18)3/h4-10,20,27H,1-3H3,(H,24,28). The number of nitrogens with zero attached hydrogens (tertiary/aromatic N) is 4. The smallest absolute Gasteiger partial charge is 0.257 e. The monoisotopic (exact) mass is 373 g/mol. The molecule has 1 aliphatic heterocycles. The molecule has 7 nitrogen and oxygen atoms in total. The molecule has 0 radical (unpaired) electrons. The molecule has 28 heavy (non-hydrogen) atoms. The van der Waals surface area contributed by atoms with E-state index in [-0.39, 0.29) is 5.91 Å². The van der Waals surface area contributed by atoms with Crippen LogP contribution >= 0.6 is 0 Å². The van der Waals surface area contributed by atoms with Crippen molar-refractivity contribution in [2.24, 2.45) is 7.05 Å². The summed E-state index contributed by atoms with van der Waals surface area (Å²) in [6.07, 6.45) is 4.32. The van der Waals surface area contributed by atoms with Crippen molar-refractivity contribution in [3.8, 4) is 16.9 Å². The fraction of sp³-hybridized carbons (Fsp3) is 0.190. The van der Waals surface area contributed by atoms with Gasteiger partial charge in [0, 0.05) is 53.5 Å². The molecule has 5 heterocycles. The van der Waals surface area contributed by atoms with Crippen LogP contribution in [0.4, 0.5) is 0 Å². The predicted octanol–water partition coefficient (Wildman–Crippen LogP) is 2.78. The van der Waals surface area contributed by atoms with Crippen LogP contribution in [0.1, 0.15) is 33.5 Å². The van der Waals surface area contributed by atoms with Gasteiger partial charge in [0.25, 0.3) is 5.91 Å². The highest BCUT2D eigenvalue weighted by molar-refractivity contribution is 6.05. The Morgan fingerprint density at radius 2 is 1.82 bits per heavy atom. The number of hydrogen-bond acceptors (Lipinski definition) is 4. The van der Waals surface area contributed by atoms with E-state index in [0.717, 1.165) is 33.5 Å². The van der Waals surface area contributed by atoms with E-state index in [1.54, 1.807) is 12.4 Å². The van der Waals surface area contributed by atoms with Crippen LogP contribution in [-0.2, 0) is 7.05 Å². The molecule has 0 aromatic carbocycles. The SMILES string of the molecule is Cc1ccc(C)n1-c1ncc(-c2ccnc3c2ccn3C)c2c1C(=O)NC2O. The molecular weight excluding hydrogens is 354 g/mol. The maximum Gasteiger partial charge on any atom is 0.257 e. The quantitative estimate of drug-likeness (QED) is 0.566. The number of fused-ring (bicyclic) bond motifs is 2. The average Bonchev–Trinajstić information content (AvgIpc) is 3.31. The first-order valence-electron chi connectivity index (χ1n) is 9.05. The minimum absolute atomic E-state index is 0.322. The molecule has 4 aromatic rings. The summed E-state index contributed by atoms with van der Waals surface area (Å²) in [6.45, 7) is 3.93. The minimum Gasteiger partial charge on any atom is -0.369 e. The lowest BCUT2D eigenvalue weighted by molar-refractivity contribution is 0.0851. The highest BCUT2D eigenvalue weighted by Gasteiger charge is 2.35. The normalized spacial score (nSPS) is 15.9. The molecule has 0 bridgehead atoms. The number of aromatic nitrogens is 4. The number of hydrogen-bond donors (Lipinski definition) is 2. The van der Waals surface area contributed by atoms with Gasteiger partial charge < -0.3 is 19.6 Å². The maximum atomic E-state index is 12.7. The summed E-state index contributed by atoms with van der Waals surface area (Å²) >= 11 is 0. The third kappa shape index (κ3) is 2.16. The van der Waals surface area contributed by atoms with Gasteiger partial charge in [0.05, 0.1) is 5.56 Å². The second-order valence-electron chi connectivity index (χ2n) is 7.13. The Morgan fingerprint density at radius 1 is 1.07 bits per heavy atom. The highest BCUT2D eigenvalue weighted by atomic mass is 16.3. The van der Waals surface area contributed by atoms with Gasteiger partial charge in [0.2, 0.25) is 0 Å². The number of pyridine rings is 2. The lowest BCUT2D eigenvalue weighted by Crippen LogP contribution is -2.19. The summed E-state index contributed by atoms with van der Waals surface area (Å²) in [7, 11) is 1.93. The summed E-state index contributed by atoms with van der Waals surface area (Å²) in [5.74, 6) is 0.212. The number of carbonyl (C=O) groups is 1. The lowest BCUT2D eigenvalue weighted by Gasteiger charge is -2.16. The number of nitrogens with one attached hydrogen (secondary N) is 1. The molecule has 1 atom stereocenters. The van der Waals surface area contributed by atoms with Crippen LogP contribution in [0.5, 0.6) is 0 Å². The third-order valence-corrected chi connectivity index (χ3v) is 5.41. The molecule has 140 valence electrons. The number of aryl methyl sites for hydroxylation is 3. The van der Waals surface area contributed by atoms with Crippen molar-refractivity contribution < 1.29 is 9.90 Å². The summed E-state index contributed by atoms with van der Waals surface area (Å²) in [5, 5.41) is 14.2. The van der Waals surface area contributed by atoms with Crippen LogP contribution in [0.25, 0.3) is 28.0 Å². The highest BCUT2D eigenvalue weighted by Crippen LogP contribution is 2.39. The first-order chi connectivity index (χ1) is 13.5. The van der Waals surface area contributed by atoms with E-state index in [1.165, 1.54) is 0 Å². The molecule has 2 N–H and O–H groups in total. The summed E-state index contributed by atoms with van der Waals surface area (Å²) < 4.78 is 3.87. The Kier molecular flexibility index (Phi) is 3.44. The Balaban J connectivity index is 1.84. The molecule has 0 aliphatic carbocycles. The lowest BCUT2D eigenvalue weighted by atomic mass is 9.97. The molecule has 1 amide bonds. The van der Waals surface area contributed by atoms with Crippen molar-refractivity contribution in [1.82, 2.24) is 24.4 Å². The summed E-state index contributed by atoms with van der Waals surface area (Å²) in [5.41, 5.74) is 5.36. The Morgan fingerprint density at radius 3 is 2.57 bits per heavy atom. The Bertz CT molecular complexity index is 1250. The van der Waals surface area contributed by atoms with E-state index in [9.17, 15) is 9.90 Å². The zero-order chi connectivity index (χ0) is 19.6. The number of aliphatic hydroxyl groups excluding tert-OH is 1. The average molecular weight is 373 g/mol. The molecule has 0 saturated heterocycles. The molecule has 1 unspecified atom stereocenters. The van der Waals surface area contributed by atoms with Crippen LogP contribution in [0, 0.1) is 13.8 Å². The van der Waals surface area contributed by atoms with Crippen LogP contribution in [0.15, 0.2) is 42.9 Å². The van der Waals surface area contributed by atoms with E-state index < -0.39 is 6.23 Å². The van der Waals surface area contributed by atoms with E-state index in [4.69, 9.17) is 0 Å². The van der Waals surface area contributed by atoms with Gasteiger partial charge >= 0.3 is 0 Å². The first-order valence-corrected chi connectivity index (χ1v) is 9.05. The second-order valence-corrected chi connectivity index (χ2v) is 7.13. The summed E-state index contributed by atoms with van der Waals surface area (Å²) in [4.78, 5) is 21.8. The van der Waals surface area contributed by atoms with Gasteiger partial charge in [-0.05, 0) is 43.7 Å². The van der Waals surface area contributed by atoms with Crippen molar-refractivity contribution >= 4 is 16.9 Å². The number of rotatable bonds is 2. The van der Waals surface area contributed by atoms with Gasteiger partial charge in [-0.1, -0.05) is 0 Å². The fourth-order valence-electron chi connectivity index (χ4n) is 4.08. The van der Waals surface area contributed by atoms with Crippen LogP contribution < -0.4 is 5.32 Å². The van der Waals surface area contributed by atoms with E-state index >= 15 is 0 Å². The van der Waals surface area contributed by atoms with Crippen molar-refractivity contribution in [1.29, 1.82) is 0 Å². The fourth-order valence-corrected chi connectivity index (χ4v) is 4.08. The van der Waals surface area contributed by atoms with Gasteiger partial charge in [-0.2, -0.15) is 0 Å². The molecule has 5 rings (SSSR count). The number of carbonyl (C=O) groups excluding carboxylic acids is 1. The zero-order valence-corrected chi connectivity index (χ0v) is 15.8. The topological polar surface area (TPSA) is 85.0 Å². The number of amides is 1. The minimum atomic E-state index is -1.08. The van der Waals surface area contributed by atoms with Gasteiger partial charge in [0.1, 0.15) is 11.5 Å². The second kappa shape index (κ2) is 5.77. The van der Waals surface area contributed by atoms with Crippen LogP contribution in [-0.4, -0.2) is 30.1 Å². The first kappa shape index (κ1) is 16.7. The van der Waals surface area contributed by atoms with Gasteiger partial charge in [-0.3, -0.25) is 4.79 Å². The Labute approximate surface area is 161 Å². The van der Waals surface area contributed by atoms with Gasteiger partial charge in [0.15, 0.2) is 6.23 Å². The third-order valence-electron chi connectivity index (χ3n) is 5.41. The van der Waals surface area contributed by atoms with Gasteiger partial charge in [-0.25, -0.2) is 9.97 Å². The Hall–Kier alpha value is -3.45.